The standard InChI is InChI=1S/C18H19N3O4/c1-11-3-5-13(9-17(11)20(22)23)15-7-8-16(19-15)14-6-4-12(2)18(10-14)21(24)25/h3-6,9-10,15-16,19H,7-8H2,1-2H3. The van der Waals surface area contributed by atoms with Gasteiger partial charge < -0.3 is 5.32 Å². The van der Waals surface area contributed by atoms with Crippen LogP contribution in [-0.4, -0.2) is 9.85 Å². The number of nitro groups is 2. The van der Waals surface area contributed by atoms with Crippen LogP contribution in [0.15, 0.2) is 36.4 Å². The summed E-state index contributed by atoms with van der Waals surface area (Å²) >= 11 is 0. The van der Waals surface area contributed by atoms with E-state index in [1.54, 1.807) is 38.1 Å². The fraction of sp³-hybridized carbons (Fsp3) is 0.333. The molecule has 0 spiro atoms. The molecule has 1 fully saturated rings. The third-order valence-electron chi connectivity index (χ3n) is 4.81. The lowest BCUT2D eigenvalue weighted by atomic mass is 10.0. The van der Waals surface area contributed by atoms with E-state index in [2.05, 4.69) is 5.32 Å². The quantitative estimate of drug-likeness (QED) is 0.661. The van der Waals surface area contributed by atoms with E-state index < -0.39 is 0 Å². The maximum Gasteiger partial charge on any atom is 0.272 e. The highest BCUT2D eigenvalue weighted by Crippen LogP contribution is 2.37. The zero-order valence-corrected chi connectivity index (χ0v) is 14.1. The van der Waals surface area contributed by atoms with Crippen LogP contribution in [0.1, 0.15) is 47.2 Å². The van der Waals surface area contributed by atoms with Crippen LogP contribution in [0.5, 0.6) is 0 Å². The molecule has 0 amide bonds. The highest BCUT2D eigenvalue weighted by Gasteiger charge is 2.28. The predicted octanol–water partition coefficient (Wildman–Crippen LogP) is 4.29. The Morgan fingerprint density at radius 1 is 0.840 bits per heavy atom. The van der Waals surface area contributed by atoms with Crippen molar-refractivity contribution in [2.24, 2.45) is 0 Å². The van der Waals surface area contributed by atoms with Gasteiger partial charge >= 0.3 is 0 Å². The molecule has 3 rings (SSSR count). The molecule has 0 aliphatic carbocycles. The predicted molar refractivity (Wildman–Crippen MR) is 93.5 cm³/mol. The van der Waals surface area contributed by atoms with E-state index in [1.165, 1.54) is 0 Å². The van der Waals surface area contributed by atoms with Gasteiger partial charge in [-0.05, 0) is 37.8 Å². The van der Waals surface area contributed by atoms with E-state index in [0.29, 0.717) is 11.1 Å². The van der Waals surface area contributed by atoms with E-state index in [1.807, 2.05) is 12.1 Å². The van der Waals surface area contributed by atoms with Gasteiger partial charge in [-0.15, -0.1) is 0 Å². The summed E-state index contributed by atoms with van der Waals surface area (Å²) < 4.78 is 0. The topological polar surface area (TPSA) is 98.3 Å². The Bertz CT molecular complexity index is 781. The van der Waals surface area contributed by atoms with Crippen molar-refractivity contribution >= 4 is 11.4 Å². The molecule has 25 heavy (non-hydrogen) atoms. The zero-order chi connectivity index (χ0) is 18.1. The zero-order valence-electron chi connectivity index (χ0n) is 14.1. The molecule has 0 radical (unpaired) electrons. The van der Waals surface area contributed by atoms with Gasteiger partial charge in [-0.3, -0.25) is 20.2 Å². The molecule has 1 heterocycles. The molecular formula is C18H19N3O4. The Kier molecular flexibility index (Phi) is 4.50. The van der Waals surface area contributed by atoms with Crippen molar-refractivity contribution in [3.8, 4) is 0 Å². The fourth-order valence-corrected chi connectivity index (χ4v) is 3.35. The number of benzene rings is 2. The summed E-state index contributed by atoms with van der Waals surface area (Å²) in [5, 5.41) is 25.7. The monoisotopic (exact) mass is 341 g/mol. The minimum atomic E-state index is -0.366. The molecule has 0 bridgehead atoms. The third kappa shape index (κ3) is 3.36. The number of aryl methyl sites for hydroxylation is 2. The summed E-state index contributed by atoms with van der Waals surface area (Å²) in [5.41, 5.74) is 3.26. The molecule has 1 aliphatic heterocycles. The molecule has 7 heteroatoms. The number of nitro benzene ring substituents is 2. The van der Waals surface area contributed by atoms with Crippen LogP contribution in [0.4, 0.5) is 11.4 Å². The third-order valence-corrected chi connectivity index (χ3v) is 4.81. The molecule has 2 unspecified atom stereocenters. The molecule has 0 aromatic heterocycles. The second-order valence-electron chi connectivity index (χ2n) is 6.46. The number of hydrogen-bond acceptors (Lipinski definition) is 5. The van der Waals surface area contributed by atoms with E-state index in [0.717, 1.165) is 24.0 Å². The minimum absolute atomic E-state index is 0.00431. The van der Waals surface area contributed by atoms with Crippen molar-refractivity contribution < 1.29 is 9.85 Å². The highest BCUT2D eigenvalue weighted by molar-refractivity contribution is 5.45. The number of nitrogens with one attached hydrogen (secondary N) is 1. The smallest absolute Gasteiger partial charge is 0.272 e. The van der Waals surface area contributed by atoms with Crippen molar-refractivity contribution in [2.45, 2.75) is 38.8 Å². The van der Waals surface area contributed by atoms with Gasteiger partial charge in [-0.2, -0.15) is 0 Å². The lowest BCUT2D eigenvalue weighted by Gasteiger charge is -2.15. The van der Waals surface area contributed by atoms with Gasteiger partial charge in [0.05, 0.1) is 9.85 Å². The summed E-state index contributed by atoms with van der Waals surface area (Å²) in [7, 11) is 0. The molecule has 1 saturated heterocycles. The van der Waals surface area contributed by atoms with Gasteiger partial charge in [-0.25, -0.2) is 0 Å². The van der Waals surface area contributed by atoms with Crippen molar-refractivity contribution in [1.29, 1.82) is 0 Å². The van der Waals surface area contributed by atoms with E-state index in [9.17, 15) is 20.2 Å². The SMILES string of the molecule is Cc1ccc(C2CCC(c3ccc(C)c([N+](=O)[O-])c3)N2)cc1[N+](=O)[O-]. The fourth-order valence-electron chi connectivity index (χ4n) is 3.35. The lowest BCUT2D eigenvalue weighted by Crippen LogP contribution is -2.18. The van der Waals surface area contributed by atoms with E-state index >= 15 is 0 Å². The molecule has 130 valence electrons. The van der Waals surface area contributed by atoms with Crippen LogP contribution in [0.3, 0.4) is 0 Å². The molecule has 2 atom stereocenters. The summed E-state index contributed by atoms with van der Waals surface area (Å²) in [5.74, 6) is 0. The molecule has 1 N–H and O–H groups in total. The second-order valence-corrected chi connectivity index (χ2v) is 6.46. The first-order chi connectivity index (χ1) is 11.9. The largest absolute Gasteiger partial charge is 0.303 e. The Morgan fingerprint density at radius 2 is 1.24 bits per heavy atom. The van der Waals surface area contributed by atoms with Gasteiger partial charge in [0.2, 0.25) is 0 Å². The van der Waals surface area contributed by atoms with Crippen molar-refractivity contribution in [2.75, 3.05) is 0 Å². The minimum Gasteiger partial charge on any atom is -0.303 e. The average Bonchev–Trinajstić information content (AvgIpc) is 3.05. The van der Waals surface area contributed by atoms with Crippen molar-refractivity contribution in [3.05, 3.63) is 78.9 Å². The Balaban J connectivity index is 1.83. The lowest BCUT2D eigenvalue weighted by molar-refractivity contribution is -0.385. The molecule has 2 aromatic carbocycles. The van der Waals surface area contributed by atoms with Gasteiger partial charge in [-0.1, -0.05) is 24.3 Å². The Morgan fingerprint density at radius 3 is 1.60 bits per heavy atom. The number of rotatable bonds is 4. The maximum atomic E-state index is 11.1. The molecule has 0 saturated carbocycles. The number of nitrogens with zero attached hydrogens (tertiary/aromatic N) is 2. The summed E-state index contributed by atoms with van der Waals surface area (Å²) in [4.78, 5) is 21.5. The van der Waals surface area contributed by atoms with Crippen LogP contribution in [0.2, 0.25) is 0 Å². The summed E-state index contributed by atoms with van der Waals surface area (Å²) in [6, 6.07) is 10.6. The van der Waals surface area contributed by atoms with Crippen molar-refractivity contribution in [1.82, 2.24) is 5.32 Å². The average molecular weight is 341 g/mol. The number of hydrogen-bond donors (Lipinski definition) is 1. The van der Waals surface area contributed by atoms with Crippen LogP contribution in [0, 0.1) is 34.1 Å². The Hall–Kier alpha value is -2.80. The normalized spacial score (nSPS) is 19.8. The van der Waals surface area contributed by atoms with Gasteiger partial charge in [0.1, 0.15) is 0 Å². The van der Waals surface area contributed by atoms with Gasteiger partial charge in [0, 0.05) is 35.3 Å². The van der Waals surface area contributed by atoms with E-state index in [-0.39, 0.29) is 33.3 Å². The Labute approximate surface area is 145 Å². The first-order valence-electron chi connectivity index (χ1n) is 8.12. The maximum absolute atomic E-state index is 11.1. The van der Waals surface area contributed by atoms with Crippen LogP contribution in [0.25, 0.3) is 0 Å². The highest BCUT2D eigenvalue weighted by atomic mass is 16.6. The van der Waals surface area contributed by atoms with Gasteiger partial charge in [0.25, 0.3) is 11.4 Å². The first-order valence-corrected chi connectivity index (χ1v) is 8.12. The second kappa shape index (κ2) is 6.60. The van der Waals surface area contributed by atoms with Crippen LogP contribution < -0.4 is 5.32 Å². The summed E-state index contributed by atoms with van der Waals surface area (Å²) in [6.07, 6.45) is 1.65. The van der Waals surface area contributed by atoms with E-state index in [4.69, 9.17) is 0 Å². The molecule has 7 nitrogen and oxygen atoms in total. The van der Waals surface area contributed by atoms with Gasteiger partial charge in [0.15, 0.2) is 0 Å². The first kappa shape index (κ1) is 17.0. The van der Waals surface area contributed by atoms with Crippen LogP contribution >= 0.6 is 0 Å². The summed E-state index contributed by atoms with van der Waals surface area (Å²) in [6.45, 7) is 3.44. The molecule has 1 aliphatic rings. The molecule has 2 aromatic rings. The van der Waals surface area contributed by atoms with Crippen LogP contribution in [-0.2, 0) is 0 Å². The molecular weight excluding hydrogens is 322 g/mol. The van der Waals surface area contributed by atoms with Crippen molar-refractivity contribution in [3.63, 3.8) is 0 Å².